The van der Waals surface area contributed by atoms with Crippen LogP contribution in [0.25, 0.3) is 10.9 Å². The second-order valence-electron chi connectivity index (χ2n) is 10.5. The highest BCUT2D eigenvalue weighted by Gasteiger charge is 2.27. The summed E-state index contributed by atoms with van der Waals surface area (Å²) in [5.41, 5.74) is 5.53. The number of nitrogens with zero attached hydrogens (tertiary/aromatic N) is 3. The van der Waals surface area contributed by atoms with Gasteiger partial charge in [-0.15, -0.1) is 0 Å². The number of likely N-dealkylation sites (tertiary alicyclic amines) is 1. The summed E-state index contributed by atoms with van der Waals surface area (Å²) in [5, 5.41) is 1.21. The van der Waals surface area contributed by atoms with Crippen molar-refractivity contribution in [2.24, 2.45) is 0 Å². The molecule has 0 unspecified atom stereocenters. The number of hydrogen-bond donors (Lipinski definition) is 0. The number of pyridine rings is 1. The molecule has 1 aliphatic heterocycles. The molecular formula is C33H37N3O2. The minimum atomic E-state index is 0.142. The van der Waals surface area contributed by atoms with Crippen LogP contribution in [0.5, 0.6) is 5.75 Å². The highest BCUT2D eigenvalue weighted by atomic mass is 16.5. The van der Waals surface area contributed by atoms with E-state index in [0.29, 0.717) is 6.61 Å². The number of ether oxygens (including phenoxy) is 1. The quantitative estimate of drug-likeness (QED) is 0.255. The first-order chi connectivity index (χ1) is 18.6. The number of piperidine rings is 1. The molecule has 1 amide bonds. The Morgan fingerprint density at radius 3 is 2.61 bits per heavy atom. The fourth-order valence-electron chi connectivity index (χ4n) is 5.40. The molecule has 1 aliphatic rings. The molecule has 38 heavy (non-hydrogen) atoms. The Morgan fingerprint density at radius 2 is 1.79 bits per heavy atom. The Labute approximate surface area is 226 Å². The number of aryl methyl sites for hydroxylation is 1. The number of benzene rings is 3. The zero-order valence-electron chi connectivity index (χ0n) is 22.5. The molecule has 0 bridgehead atoms. The van der Waals surface area contributed by atoms with Crippen LogP contribution < -0.4 is 4.74 Å². The first-order valence-electron chi connectivity index (χ1n) is 13.7. The van der Waals surface area contributed by atoms with Crippen molar-refractivity contribution >= 4 is 16.8 Å². The first-order valence-corrected chi connectivity index (χ1v) is 13.7. The van der Waals surface area contributed by atoms with Gasteiger partial charge >= 0.3 is 0 Å². The SMILES string of the molecule is Cc1ccc(C(=O)N2CCCC[C@@H]2CCOc2ccc(CN(C)Cc3cccc4ncccc34)cc2)cc1. The molecule has 1 aromatic heterocycles. The van der Waals surface area contributed by atoms with Crippen LogP contribution in [0.15, 0.2) is 85.1 Å². The van der Waals surface area contributed by atoms with Crippen LogP contribution in [0.4, 0.5) is 0 Å². The van der Waals surface area contributed by atoms with Gasteiger partial charge < -0.3 is 9.64 Å². The number of aromatic nitrogens is 1. The average Bonchev–Trinajstić information content (AvgIpc) is 2.94. The lowest BCUT2D eigenvalue weighted by atomic mass is 9.98. The lowest BCUT2D eigenvalue weighted by Gasteiger charge is -2.36. The number of hydrogen-bond acceptors (Lipinski definition) is 4. The zero-order valence-corrected chi connectivity index (χ0v) is 22.5. The van der Waals surface area contributed by atoms with Crippen molar-refractivity contribution in [3.8, 4) is 5.75 Å². The minimum Gasteiger partial charge on any atom is -0.494 e. The molecule has 4 aromatic rings. The van der Waals surface area contributed by atoms with Crippen molar-refractivity contribution in [2.75, 3.05) is 20.2 Å². The molecule has 5 heteroatoms. The Morgan fingerprint density at radius 1 is 0.974 bits per heavy atom. The third-order valence-corrected chi connectivity index (χ3v) is 7.46. The molecule has 0 N–H and O–H groups in total. The highest BCUT2D eigenvalue weighted by molar-refractivity contribution is 5.94. The normalized spacial score (nSPS) is 15.7. The molecular weight excluding hydrogens is 470 g/mol. The van der Waals surface area contributed by atoms with Gasteiger partial charge in [0.2, 0.25) is 0 Å². The number of amides is 1. The fraction of sp³-hybridized carbons (Fsp3) is 0.333. The predicted molar refractivity (Wildman–Crippen MR) is 153 cm³/mol. The number of carbonyl (C=O) groups is 1. The molecule has 5 nitrogen and oxygen atoms in total. The second-order valence-corrected chi connectivity index (χ2v) is 10.5. The fourth-order valence-corrected chi connectivity index (χ4v) is 5.40. The smallest absolute Gasteiger partial charge is 0.254 e. The summed E-state index contributed by atoms with van der Waals surface area (Å²) in [4.78, 5) is 22.0. The van der Waals surface area contributed by atoms with E-state index < -0.39 is 0 Å². The van der Waals surface area contributed by atoms with Gasteiger partial charge in [0, 0.05) is 49.2 Å². The molecule has 1 saturated heterocycles. The molecule has 1 fully saturated rings. The predicted octanol–water partition coefficient (Wildman–Crippen LogP) is 6.64. The van der Waals surface area contributed by atoms with E-state index in [2.05, 4.69) is 70.4 Å². The maximum absolute atomic E-state index is 13.1. The topological polar surface area (TPSA) is 45.7 Å². The number of fused-ring (bicyclic) bond motifs is 1. The van der Waals surface area contributed by atoms with Crippen LogP contribution in [0, 0.1) is 6.92 Å². The van der Waals surface area contributed by atoms with Gasteiger partial charge in [0.1, 0.15) is 5.75 Å². The molecule has 0 radical (unpaired) electrons. The van der Waals surface area contributed by atoms with Gasteiger partial charge in [-0.3, -0.25) is 14.7 Å². The van der Waals surface area contributed by atoms with E-state index in [4.69, 9.17) is 4.74 Å². The van der Waals surface area contributed by atoms with Gasteiger partial charge in [-0.1, -0.05) is 48.0 Å². The Kier molecular flexibility index (Phi) is 8.34. The van der Waals surface area contributed by atoms with Crippen molar-refractivity contribution in [2.45, 2.75) is 51.7 Å². The van der Waals surface area contributed by atoms with E-state index in [1.54, 1.807) is 0 Å². The Balaban J connectivity index is 1.12. The Bertz CT molecular complexity index is 1350. The number of carbonyl (C=O) groups excluding carboxylic acids is 1. The second kappa shape index (κ2) is 12.2. The zero-order chi connectivity index (χ0) is 26.3. The van der Waals surface area contributed by atoms with E-state index in [0.717, 1.165) is 55.7 Å². The van der Waals surface area contributed by atoms with Crippen molar-refractivity contribution < 1.29 is 9.53 Å². The standard InChI is InChI=1S/C33H37N3O2/c1-25-11-15-27(16-12-25)33(37)36-21-4-3-8-29(36)19-22-38-30-17-13-26(14-18-30)23-35(2)24-28-7-5-10-32-31(28)9-6-20-34-32/h5-7,9-18,20,29H,3-4,8,19,21-24H2,1-2H3/t29-/m1/s1. The monoisotopic (exact) mass is 507 g/mol. The summed E-state index contributed by atoms with van der Waals surface area (Å²) in [6.07, 6.45) is 5.97. The molecule has 196 valence electrons. The van der Waals surface area contributed by atoms with Crippen molar-refractivity contribution in [1.82, 2.24) is 14.8 Å². The summed E-state index contributed by atoms with van der Waals surface area (Å²) < 4.78 is 6.10. The van der Waals surface area contributed by atoms with Gasteiger partial charge in [0.05, 0.1) is 12.1 Å². The minimum absolute atomic E-state index is 0.142. The van der Waals surface area contributed by atoms with E-state index in [1.807, 2.05) is 43.5 Å². The molecule has 1 atom stereocenters. The van der Waals surface area contributed by atoms with E-state index in [1.165, 1.54) is 28.5 Å². The largest absolute Gasteiger partial charge is 0.494 e. The molecule has 0 saturated carbocycles. The van der Waals surface area contributed by atoms with Crippen molar-refractivity contribution in [3.05, 3.63) is 107 Å². The van der Waals surface area contributed by atoms with E-state index in [-0.39, 0.29) is 11.9 Å². The molecule has 2 heterocycles. The summed E-state index contributed by atoms with van der Waals surface area (Å²) >= 11 is 0. The van der Waals surface area contributed by atoms with Crippen LogP contribution in [0.1, 0.15) is 52.7 Å². The molecule has 0 aliphatic carbocycles. The van der Waals surface area contributed by atoms with Crippen LogP contribution >= 0.6 is 0 Å². The summed E-state index contributed by atoms with van der Waals surface area (Å²) in [6, 6.07) is 27.0. The van der Waals surface area contributed by atoms with E-state index in [9.17, 15) is 4.79 Å². The van der Waals surface area contributed by atoms with E-state index >= 15 is 0 Å². The third-order valence-electron chi connectivity index (χ3n) is 7.46. The van der Waals surface area contributed by atoms with Gasteiger partial charge in [0.25, 0.3) is 5.91 Å². The van der Waals surface area contributed by atoms with Gasteiger partial charge in [0.15, 0.2) is 0 Å². The molecule has 3 aromatic carbocycles. The van der Waals surface area contributed by atoms with Gasteiger partial charge in [-0.05, 0) is 80.8 Å². The van der Waals surface area contributed by atoms with Gasteiger partial charge in [-0.2, -0.15) is 0 Å². The summed E-state index contributed by atoms with van der Waals surface area (Å²) in [6.45, 7) is 5.20. The highest BCUT2D eigenvalue weighted by Crippen LogP contribution is 2.24. The van der Waals surface area contributed by atoms with Crippen LogP contribution in [-0.2, 0) is 13.1 Å². The third kappa shape index (κ3) is 6.40. The average molecular weight is 508 g/mol. The van der Waals surface area contributed by atoms with Crippen molar-refractivity contribution in [3.63, 3.8) is 0 Å². The maximum Gasteiger partial charge on any atom is 0.254 e. The van der Waals surface area contributed by atoms with Crippen LogP contribution in [-0.4, -0.2) is 46.9 Å². The lowest BCUT2D eigenvalue weighted by molar-refractivity contribution is 0.0580. The van der Waals surface area contributed by atoms with Gasteiger partial charge in [-0.25, -0.2) is 0 Å². The molecule has 0 spiro atoms. The maximum atomic E-state index is 13.1. The summed E-state index contributed by atoms with van der Waals surface area (Å²) in [5.74, 6) is 1.02. The van der Waals surface area contributed by atoms with Crippen LogP contribution in [0.2, 0.25) is 0 Å². The first kappa shape index (κ1) is 25.9. The summed E-state index contributed by atoms with van der Waals surface area (Å²) in [7, 11) is 2.15. The van der Waals surface area contributed by atoms with Crippen LogP contribution in [0.3, 0.4) is 0 Å². The Hall–Kier alpha value is -3.70. The van der Waals surface area contributed by atoms with Crippen molar-refractivity contribution in [1.29, 1.82) is 0 Å². The molecule has 5 rings (SSSR count). The lowest BCUT2D eigenvalue weighted by Crippen LogP contribution is -2.44. The number of rotatable bonds is 9.